The van der Waals surface area contributed by atoms with Gasteiger partial charge in [-0.3, -0.25) is 0 Å². The van der Waals surface area contributed by atoms with Crippen molar-refractivity contribution in [2.45, 2.75) is 6.92 Å². The number of allylic oxidation sites excluding steroid dienone is 1. The number of nitrogens with zero attached hydrogens (tertiary/aromatic N) is 1. The fourth-order valence-corrected chi connectivity index (χ4v) is 1.25. The van der Waals surface area contributed by atoms with Crippen molar-refractivity contribution in [3.05, 3.63) is 28.6 Å². The molecule has 14 heavy (non-hydrogen) atoms. The second kappa shape index (κ2) is 4.11. The van der Waals surface area contributed by atoms with Crippen LogP contribution >= 0.6 is 11.6 Å². The average molecular weight is 213 g/mol. The van der Waals surface area contributed by atoms with E-state index in [1.807, 2.05) is 0 Å². The Morgan fingerprint density at radius 2 is 2.36 bits per heavy atom. The van der Waals surface area contributed by atoms with E-state index in [-0.39, 0.29) is 10.8 Å². The molecule has 74 valence electrons. The Morgan fingerprint density at radius 3 is 2.86 bits per heavy atom. The van der Waals surface area contributed by atoms with E-state index in [0.717, 1.165) is 0 Å². The number of halogens is 1. The van der Waals surface area contributed by atoms with Gasteiger partial charge in [0.2, 0.25) is 0 Å². The summed E-state index contributed by atoms with van der Waals surface area (Å²) in [5, 5.41) is 8.91. The van der Waals surface area contributed by atoms with Crippen LogP contribution in [0.15, 0.2) is 12.1 Å². The van der Waals surface area contributed by atoms with Crippen LogP contribution < -0.4 is 5.73 Å². The first-order chi connectivity index (χ1) is 6.56. The van der Waals surface area contributed by atoms with Gasteiger partial charge in [0.05, 0.1) is 0 Å². The molecule has 0 spiro atoms. The van der Waals surface area contributed by atoms with Gasteiger partial charge in [0.1, 0.15) is 5.15 Å². The number of anilines is 1. The molecular formula is C9H9ClN2O2. The molecule has 1 heterocycles. The third kappa shape index (κ3) is 2.03. The standard InChI is InChI=1S/C9H9ClN2O2/c1-2-3-5-6(11)4-7(10)12-8(5)9(13)14/h2-4H,1H3,(H2,11,12)(H,13,14)/b3-2+. The van der Waals surface area contributed by atoms with Crippen LogP contribution in [0.1, 0.15) is 23.0 Å². The van der Waals surface area contributed by atoms with Gasteiger partial charge < -0.3 is 10.8 Å². The Morgan fingerprint density at radius 1 is 1.71 bits per heavy atom. The van der Waals surface area contributed by atoms with Gasteiger partial charge in [-0.05, 0) is 13.0 Å². The Bertz CT molecular complexity index is 402. The number of pyridine rings is 1. The highest BCUT2D eigenvalue weighted by atomic mass is 35.5. The van der Waals surface area contributed by atoms with Crippen molar-refractivity contribution >= 4 is 29.3 Å². The van der Waals surface area contributed by atoms with Crippen molar-refractivity contribution in [3.8, 4) is 0 Å². The topological polar surface area (TPSA) is 76.2 Å². The summed E-state index contributed by atoms with van der Waals surface area (Å²) in [5.74, 6) is -1.15. The monoisotopic (exact) mass is 212 g/mol. The van der Waals surface area contributed by atoms with Gasteiger partial charge in [-0.25, -0.2) is 9.78 Å². The Labute approximate surface area is 86.0 Å². The summed E-state index contributed by atoms with van der Waals surface area (Å²) in [6.45, 7) is 1.76. The van der Waals surface area contributed by atoms with Gasteiger partial charge in [0.15, 0.2) is 5.69 Å². The molecule has 4 nitrogen and oxygen atoms in total. The lowest BCUT2D eigenvalue weighted by atomic mass is 10.1. The van der Waals surface area contributed by atoms with E-state index in [0.29, 0.717) is 11.3 Å². The van der Waals surface area contributed by atoms with Gasteiger partial charge in [-0.2, -0.15) is 0 Å². The predicted molar refractivity (Wildman–Crippen MR) is 55.3 cm³/mol. The van der Waals surface area contributed by atoms with Crippen molar-refractivity contribution < 1.29 is 9.90 Å². The molecular weight excluding hydrogens is 204 g/mol. The highest BCUT2D eigenvalue weighted by Crippen LogP contribution is 2.21. The predicted octanol–water partition coefficient (Wildman–Crippen LogP) is 2.05. The number of carboxylic acids is 1. The first-order valence-electron chi connectivity index (χ1n) is 3.88. The largest absolute Gasteiger partial charge is 0.476 e. The molecule has 1 aromatic rings. The minimum atomic E-state index is -1.15. The molecule has 3 N–H and O–H groups in total. The Balaban J connectivity index is 3.44. The summed E-state index contributed by atoms with van der Waals surface area (Å²) < 4.78 is 0. The van der Waals surface area contributed by atoms with Crippen LogP contribution in [0.3, 0.4) is 0 Å². The molecule has 0 aromatic carbocycles. The molecule has 5 heteroatoms. The number of carbonyl (C=O) groups is 1. The highest BCUT2D eigenvalue weighted by Gasteiger charge is 2.13. The molecule has 0 aliphatic carbocycles. The van der Waals surface area contributed by atoms with E-state index < -0.39 is 5.97 Å². The lowest BCUT2D eigenvalue weighted by Crippen LogP contribution is -2.06. The maximum absolute atomic E-state index is 10.8. The Kier molecular flexibility index (Phi) is 3.09. The zero-order valence-corrected chi connectivity index (χ0v) is 8.25. The van der Waals surface area contributed by atoms with Crippen LogP contribution in [0.5, 0.6) is 0 Å². The molecule has 0 aliphatic rings. The number of nitrogen functional groups attached to an aromatic ring is 1. The van der Waals surface area contributed by atoms with Crippen molar-refractivity contribution in [2.75, 3.05) is 5.73 Å². The number of aromatic nitrogens is 1. The van der Waals surface area contributed by atoms with Gasteiger partial charge >= 0.3 is 5.97 Å². The molecule has 1 aromatic heterocycles. The van der Waals surface area contributed by atoms with Crippen LogP contribution in [-0.4, -0.2) is 16.1 Å². The SMILES string of the molecule is C/C=C/c1c(N)cc(Cl)nc1C(=O)O. The third-order valence-electron chi connectivity index (χ3n) is 1.60. The van der Waals surface area contributed by atoms with Gasteiger partial charge in [-0.15, -0.1) is 0 Å². The molecule has 0 atom stereocenters. The van der Waals surface area contributed by atoms with Crippen LogP contribution in [0.25, 0.3) is 6.08 Å². The smallest absolute Gasteiger partial charge is 0.355 e. The number of hydrogen-bond donors (Lipinski definition) is 2. The average Bonchev–Trinajstić information content (AvgIpc) is 2.09. The summed E-state index contributed by atoms with van der Waals surface area (Å²) in [6.07, 6.45) is 3.27. The molecule has 0 saturated carbocycles. The number of carboxylic acid groups (broad SMARTS) is 1. The van der Waals surface area contributed by atoms with Crippen LogP contribution in [0.2, 0.25) is 5.15 Å². The second-order valence-electron chi connectivity index (χ2n) is 2.60. The highest BCUT2D eigenvalue weighted by molar-refractivity contribution is 6.30. The van der Waals surface area contributed by atoms with E-state index in [1.165, 1.54) is 6.07 Å². The van der Waals surface area contributed by atoms with E-state index in [4.69, 9.17) is 22.4 Å². The first kappa shape index (κ1) is 10.5. The van der Waals surface area contributed by atoms with Crippen LogP contribution in [0, 0.1) is 0 Å². The van der Waals surface area contributed by atoms with E-state index in [9.17, 15) is 4.79 Å². The van der Waals surface area contributed by atoms with E-state index in [1.54, 1.807) is 19.1 Å². The fraction of sp³-hybridized carbons (Fsp3) is 0.111. The zero-order chi connectivity index (χ0) is 10.7. The number of nitrogens with two attached hydrogens (primary N) is 1. The molecule has 0 fully saturated rings. The molecule has 0 bridgehead atoms. The molecule has 1 rings (SSSR count). The van der Waals surface area contributed by atoms with Crippen LogP contribution in [-0.2, 0) is 0 Å². The summed E-state index contributed by atoms with van der Waals surface area (Å²) in [7, 11) is 0. The first-order valence-corrected chi connectivity index (χ1v) is 4.26. The van der Waals surface area contributed by atoms with Crippen LogP contribution in [0.4, 0.5) is 5.69 Å². The number of aromatic carboxylic acids is 1. The quantitative estimate of drug-likeness (QED) is 0.736. The van der Waals surface area contributed by atoms with E-state index in [2.05, 4.69) is 4.98 Å². The summed E-state index contributed by atoms with van der Waals surface area (Å²) >= 11 is 5.59. The summed E-state index contributed by atoms with van der Waals surface area (Å²) in [5.41, 5.74) is 6.16. The molecule has 0 amide bonds. The zero-order valence-electron chi connectivity index (χ0n) is 7.49. The maximum atomic E-state index is 10.8. The Hall–Kier alpha value is -1.55. The van der Waals surface area contributed by atoms with Gasteiger partial charge in [0, 0.05) is 11.3 Å². The van der Waals surface area contributed by atoms with E-state index >= 15 is 0 Å². The lowest BCUT2D eigenvalue weighted by molar-refractivity contribution is 0.0690. The lowest BCUT2D eigenvalue weighted by Gasteiger charge is -2.04. The normalized spacial score (nSPS) is 10.7. The minimum Gasteiger partial charge on any atom is -0.476 e. The van der Waals surface area contributed by atoms with Gasteiger partial charge in [0.25, 0.3) is 0 Å². The van der Waals surface area contributed by atoms with Crippen molar-refractivity contribution in [2.24, 2.45) is 0 Å². The van der Waals surface area contributed by atoms with Crippen molar-refractivity contribution in [1.82, 2.24) is 4.98 Å². The minimum absolute atomic E-state index is 0.0770. The number of rotatable bonds is 2. The third-order valence-corrected chi connectivity index (χ3v) is 1.79. The fourth-order valence-electron chi connectivity index (χ4n) is 1.05. The molecule has 0 radical (unpaired) electrons. The van der Waals surface area contributed by atoms with Crippen molar-refractivity contribution in [1.29, 1.82) is 0 Å². The molecule has 0 unspecified atom stereocenters. The molecule has 0 aliphatic heterocycles. The summed E-state index contributed by atoms with van der Waals surface area (Å²) in [4.78, 5) is 14.5. The van der Waals surface area contributed by atoms with Crippen molar-refractivity contribution in [3.63, 3.8) is 0 Å². The number of hydrogen-bond acceptors (Lipinski definition) is 3. The second-order valence-corrected chi connectivity index (χ2v) is 2.99. The maximum Gasteiger partial charge on any atom is 0.355 e. The molecule has 0 saturated heterocycles. The summed E-state index contributed by atoms with van der Waals surface area (Å²) in [6, 6.07) is 1.42. The van der Waals surface area contributed by atoms with Gasteiger partial charge in [-0.1, -0.05) is 23.8 Å².